The van der Waals surface area contributed by atoms with Gasteiger partial charge in [-0.3, -0.25) is 4.99 Å². The molecule has 22 heavy (non-hydrogen) atoms. The minimum absolute atomic E-state index is 0.590. The van der Waals surface area contributed by atoms with E-state index in [1.807, 2.05) is 19.3 Å². The second-order valence-electron chi connectivity index (χ2n) is 5.84. The van der Waals surface area contributed by atoms with Crippen LogP contribution in [-0.2, 0) is 6.54 Å². The average Bonchev–Trinajstić information content (AvgIpc) is 2.91. The second kappa shape index (κ2) is 12.1. The Labute approximate surface area is 135 Å². The highest BCUT2D eigenvalue weighted by atomic mass is 15.1. The Morgan fingerprint density at radius 1 is 1.18 bits per heavy atom. The maximum atomic E-state index is 5.86. The molecule has 0 aliphatic carbocycles. The first kappa shape index (κ1) is 18.5. The highest BCUT2D eigenvalue weighted by molar-refractivity contribution is 5.77. The number of nitrogens with two attached hydrogens (primary N) is 1. The molecule has 0 aliphatic rings. The molecule has 0 unspecified atom stereocenters. The van der Waals surface area contributed by atoms with Gasteiger partial charge in [-0.2, -0.15) is 0 Å². The minimum Gasteiger partial charge on any atom is -0.370 e. The molecule has 3 N–H and O–H groups in total. The Morgan fingerprint density at radius 3 is 2.68 bits per heavy atom. The third-order valence-corrected chi connectivity index (χ3v) is 3.85. The zero-order valence-corrected chi connectivity index (χ0v) is 14.4. The molecule has 0 saturated carbocycles. The number of nitrogens with one attached hydrogen (secondary N) is 1. The van der Waals surface area contributed by atoms with Crippen molar-refractivity contribution in [2.75, 3.05) is 13.1 Å². The van der Waals surface area contributed by atoms with Crippen LogP contribution < -0.4 is 11.1 Å². The van der Waals surface area contributed by atoms with Gasteiger partial charge in [0.2, 0.25) is 0 Å². The molecular formula is C17H33N5. The number of unbranched alkanes of at least 4 members (excludes halogenated alkanes) is 6. The Balaban J connectivity index is 1.95. The van der Waals surface area contributed by atoms with Gasteiger partial charge in [-0.25, -0.2) is 4.98 Å². The second-order valence-corrected chi connectivity index (χ2v) is 5.84. The van der Waals surface area contributed by atoms with E-state index >= 15 is 0 Å². The van der Waals surface area contributed by atoms with E-state index in [2.05, 4.69) is 26.8 Å². The summed E-state index contributed by atoms with van der Waals surface area (Å²) in [5.74, 6) is 1.67. The zero-order valence-electron chi connectivity index (χ0n) is 14.4. The summed E-state index contributed by atoms with van der Waals surface area (Å²) in [6, 6.07) is 0. The number of aromatic nitrogens is 2. The van der Waals surface area contributed by atoms with Gasteiger partial charge in [-0.1, -0.05) is 39.0 Å². The van der Waals surface area contributed by atoms with Crippen molar-refractivity contribution in [3.63, 3.8) is 0 Å². The molecule has 0 amide bonds. The number of guanidine groups is 1. The molecule has 1 aromatic rings. The van der Waals surface area contributed by atoms with Crippen molar-refractivity contribution in [1.82, 2.24) is 14.9 Å². The van der Waals surface area contributed by atoms with Gasteiger partial charge in [-0.15, -0.1) is 0 Å². The van der Waals surface area contributed by atoms with Gasteiger partial charge in [0.25, 0.3) is 0 Å². The van der Waals surface area contributed by atoms with E-state index in [1.54, 1.807) is 0 Å². The van der Waals surface area contributed by atoms with Crippen molar-refractivity contribution in [3.8, 4) is 0 Å². The van der Waals surface area contributed by atoms with E-state index in [0.717, 1.165) is 44.7 Å². The fourth-order valence-corrected chi connectivity index (χ4v) is 2.41. The van der Waals surface area contributed by atoms with Crippen LogP contribution in [0.25, 0.3) is 0 Å². The van der Waals surface area contributed by atoms with Crippen LogP contribution in [0.5, 0.6) is 0 Å². The monoisotopic (exact) mass is 307 g/mol. The first-order valence-corrected chi connectivity index (χ1v) is 8.75. The summed E-state index contributed by atoms with van der Waals surface area (Å²) in [4.78, 5) is 8.59. The number of imidazole rings is 1. The van der Waals surface area contributed by atoms with Gasteiger partial charge in [0.1, 0.15) is 5.82 Å². The summed E-state index contributed by atoms with van der Waals surface area (Å²) in [7, 11) is 0. The van der Waals surface area contributed by atoms with Crippen LogP contribution in [0.4, 0.5) is 0 Å². The fraction of sp³-hybridized carbons (Fsp3) is 0.765. The predicted molar refractivity (Wildman–Crippen MR) is 94.1 cm³/mol. The molecule has 0 radical (unpaired) electrons. The molecule has 1 heterocycles. The molecule has 0 spiro atoms. The molecule has 0 aromatic carbocycles. The van der Waals surface area contributed by atoms with Crippen LogP contribution in [0.15, 0.2) is 17.4 Å². The van der Waals surface area contributed by atoms with Crippen LogP contribution in [0, 0.1) is 6.92 Å². The molecule has 0 aliphatic heterocycles. The maximum absolute atomic E-state index is 5.86. The number of aryl methyl sites for hydroxylation is 2. The zero-order chi connectivity index (χ0) is 16.0. The largest absolute Gasteiger partial charge is 0.370 e. The third kappa shape index (κ3) is 8.70. The molecule has 0 atom stereocenters. The van der Waals surface area contributed by atoms with Gasteiger partial charge >= 0.3 is 0 Å². The summed E-state index contributed by atoms with van der Waals surface area (Å²) in [6.45, 7) is 7.03. The van der Waals surface area contributed by atoms with E-state index in [-0.39, 0.29) is 0 Å². The summed E-state index contributed by atoms with van der Waals surface area (Å²) in [6.07, 6.45) is 13.8. The summed E-state index contributed by atoms with van der Waals surface area (Å²) >= 11 is 0. The smallest absolute Gasteiger partial charge is 0.188 e. The van der Waals surface area contributed by atoms with E-state index in [9.17, 15) is 0 Å². The third-order valence-electron chi connectivity index (χ3n) is 3.85. The van der Waals surface area contributed by atoms with Crippen LogP contribution in [0.3, 0.4) is 0 Å². The number of rotatable bonds is 12. The summed E-state index contributed by atoms with van der Waals surface area (Å²) < 4.78 is 2.18. The molecule has 0 fully saturated rings. The Morgan fingerprint density at radius 2 is 1.95 bits per heavy atom. The van der Waals surface area contributed by atoms with Crippen molar-refractivity contribution < 1.29 is 0 Å². The van der Waals surface area contributed by atoms with Crippen molar-refractivity contribution >= 4 is 5.96 Å². The van der Waals surface area contributed by atoms with Crippen LogP contribution >= 0.6 is 0 Å². The fourth-order valence-electron chi connectivity index (χ4n) is 2.41. The lowest BCUT2D eigenvalue weighted by atomic mass is 10.1. The van der Waals surface area contributed by atoms with Gasteiger partial charge in [0.05, 0.1) is 0 Å². The predicted octanol–water partition coefficient (Wildman–Crippen LogP) is 3.24. The van der Waals surface area contributed by atoms with E-state index in [4.69, 9.17) is 5.73 Å². The van der Waals surface area contributed by atoms with Crippen LogP contribution in [0.1, 0.15) is 64.1 Å². The van der Waals surface area contributed by atoms with E-state index < -0.39 is 0 Å². The van der Waals surface area contributed by atoms with Crippen molar-refractivity contribution in [2.24, 2.45) is 10.7 Å². The normalized spacial score (nSPS) is 11.8. The minimum atomic E-state index is 0.590. The molecule has 5 nitrogen and oxygen atoms in total. The Bertz CT molecular complexity index is 411. The molecule has 126 valence electrons. The lowest BCUT2D eigenvalue weighted by molar-refractivity contribution is 0.589. The molecule has 5 heteroatoms. The van der Waals surface area contributed by atoms with Crippen molar-refractivity contribution in [3.05, 3.63) is 18.2 Å². The summed E-state index contributed by atoms with van der Waals surface area (Å²) in [5, 5.41) is 3.19. The molecule has 1 rings (SSSR count). The lowest BCUT2D eigenvalue weighted by Gasteiger charge is -2.07. The Hall–Kier alpha value is -1.52. The number of nitrogens with zero attached hydrogens (tertiary/aromatic N) is 3. The van der Waals surface area contributed by atoms with E-state index in [0.29, 0.717) is 5.96 Å². The van der Waals surface area contributed by atoms with Crippen molar-refractivity contribution in [1.29, 1.82) is 0 Å². The highest BCUT2D eigenvalue weighted by Crippen LogP contribution is 2.04. The molecular weight excluding hydrogens is 274 g/mol. The maximum Gasteiger partial charge on any atom is 0.188 e. The molecule has 0 saturated heterocycles. The lowest BCUT2D eigenvalue weighted by Crippen LogP contribution is -2.32. The number of hydrogen-bond acceptors (Lipinski definition) is 2. The average molecular weight is 307 g/mol. The first-order chi connectivity index (χ1) is 10.7. The van der Waals surface area contributed by atoms with Gasteiger partial charge in [-0.05, 0) is 26.2 Å². The number of hydrogen-bond donors (Lipinski definition) is 2. The van der Waals surface area contributed by atoms with E-state index in [1.165, 1.54) is 32.1 Å². The molecule has 0 bridgehead atoms. The Kier molecular flexibility index (Phi) is 10.2. The number of aliphatic imine (C=N–C) groups is 1. The molecule has 1 aromatic heterocycles. The highest BCUT2D eigenvalue weighted by Gasteiger charge is 1.97. The quantitative estimate of drug-likeness (QED) is 0.354. The topological polar surface area (TPSA) is 68.2 Å². The van der Waals surface area contributed by atoms with Crippen LogP contribution in [0.2, 0.25) is 0 Å². The van der Waals surface area contributed by atoms with Crippen molar-refractivity contribution in [2.45, 2.75) is 71.8 Å². The summed E-state index contributed by atoms with van der Waals surface area (Å²) in [5.41, 5.74) is 5.86. The standard InChI is InChI=1S/C17H33N5/c1-3-4-5-6-7-8-11-20-17(18)21-12-9-10-14-22-15-13-19-16(22)2/h13,15H,3-12,14H2,1-2H3,(H3,18,20,21). The van der Waals surface area contributed by atoms with Crippen LogP contribution in [-0.4, -0.2) is 28.6 Å². The first-order valence-electron chi connectivity index (χ1n) is 8.75. The SMILES string of the molecule is CCCCCCCCN=C(N)NCCCCn1ccnc1C. The van der Waals surface area contributed by atoms with Gasteiger partial charge < -0.3 is 15.6 Å². The van der Waals surface area contributed by atoms with Gasteiger partial charge in [0.15, 0.2) is 5.96 Å². The van der Waals surface area contributed by atoms with Gasteiger partial charge in [0, 0.05) is 32.0 Å².